The molecule has 1 atom stereocenters. The van der Waals surface area contributed by atoms with Crippen LogP contribution in [0.2, 0.25) is 0 Å². The maximum Gasteiger partial charge on any atom is 0.237 e. The number of nitrogens with one attached hydrogen (secondary N) is 2. The highest BCUT2D eigenvalue weighted by Crippen LogP contribution is 2.27. The summed E-state index contributed by atoms with van der Waals surface area (Å²) in [7, 11) is 1.89. The van der Waals surface area contributed by atoms with Crippen LogP contribution in [0.25, 0.3) is 0 Å². The minimum Gasteiger partial charge on any atom is -0.356 e. The summed E-state index contributed by atoms with van der Waals surface area (Å²) >= 11 is 0. The van der Waals surface area contributed by atoms with Gasteiger partial charge in [-0.1, -0.05) is 60.7 Å². The molecule has 1 aliphatic rings. The van der Waals surface area contributed by atoms with Gasteiger partial charge in [0.05, 0.1) is 12.5 Å². The highest BCUT2D eigenvalue weighted by atomic mass is 16.2. The molecule has 0 aromatic heterocycles. The molecule has 5 nitrogen and oxygen atoms in total. The van der Waals surface area contributed by atoms with Crippen LogP contribution < -0.4 is 10.6 Å². The Bertz CT molecular complexity index is 709. The summed E-state index contributed by atoms with van der Waals surface area (Å²) in [5, 5.41) is 5.82. The van der Waals surface area contributed by atoms with Crippen molar-refractivity contribution in [1.82, 2.24) is 15.5 Å². The molecule has 0 spiro atoms. The Kier molecular flexibility index (Phi) is 6.60. The molecule has 1 unspecified atom stereocenters. The van der Waals surface area contributed by atoms with Crippen molar-refractivity contribution in [2.45, 2.75) is 24.8 Å². The van der Waals surface area contributed by atoms with E-state index in [0.29, 0.717) is 13.1 Å². The molecule has 0 bridgehead atoms. The number of piperazine rings is 1. The van der Waals surface area contributed by atoms with E-state index >= 15 is 0 Å². The second-order valence-corrected chi connectivity index (χ2v) is 7.00. The van der Waals surface area contributed by atoms with Gasteiger partial charge in [-0.3, -0.25) is 14.5 Å². The molecule has 142 valence electrons. The summed E-state index contributed by atoms with van der Waals surface area (Å²) in [6.07, 6.45) is 1.01. The Hall–Kier alpha value is -2.66. The lowest BCUT2D eigenvalue weighted by Gasteiger charge is -2.31. The Morgan fingerprint density at radius 2 is 1.70 bits per heavy atom. The van der Waals surface area contributed by atoms with E-state index in [-0.39, 0.29) is 30.2 Å². The number of hydrogen-bond donors (Lipinski definition) is 2. The molecule has 2 N–H and O–H groups in total. The molecule has 2 aromatic carbocycles. The lowest BCUT2D eigenvalue weighted by atomic mass is 9.88. The van der Waals surface area contributed by atoms with E-state index < -0.39 is 0 Å². The fraction of sp³-hybridized carbons (Fsp3) is 0.364. The first-order valence-electron chi connectivity index (χ1n) is 9.49. The van der Waals surface area contributed by atoms with Crippen LogP contribution in [0.4, 0.5) is 0 Å². The van der Waals surface area contributed by atoms with Gasteiger partial charge < -0.3 is 10.6 Å². The van der Waals surface area contributed by atoms with E-state index in [2.05, 4.69) is 34.9 Å². The number of likely N-dealkylation sites (N-methyl/N-ethyl adjacent to an activating group) is 1. The van der Waals surface area contributed by atoms with E-state index in [0.717, 1.165) is 13.0 Å². The maximum atomic E-state index is 12.3. The number of benzene rings is 2. The number of nitrogens with zero attached hydrogens (tertiary/aromatic N) is 1. The number of hydrogen-bond acceptors (Lipinski definition) is 3. The van der Waals surface area contributed by atoms with E-state index in [1.807, 2.05) is 48.3 Å². The number of carbonyl (C=O) groups is 2. The summed E-state index contributed by atoms with van der Waals surface area (Å²) in [5.74, 6) is 0.0856. The monoisotopic (exact) mass is 365 g/mol. The van der Waals surface area contributed by atoms with Gasteiger partial charge in [0.15, 0.2) is 0 Å². The van der Waals surface area contributed by atoms with Crippen molar-refractivity contribution >= 4 is 11.8 Å². The molecule has 2 aromatic rings. The highest BCUT2D eigenvalue weighted by Gasteiger charge is 2.28. The van der Waals surface area contributed by atoms with Crippen LogP contribution in [0, 0.1) is 0 Å². The van der Waals surface area contributed by atoms with E-state index in [1.54, 1.807) is 0 Å². The van der Waals surface area contributed by atoms with Gasteiger partial charge in [-0.2, -0.15) is 0 Å². The summed E-state index contributed by atoms with van der Waals surface area (Å²) in [6.45, 7) is 1.99. The molecular formula is C22H27N3O2. The maximum absolute atomic E-state index is 12.3. The predicted octanol–water partition coefficient (Wildman–Crippen LogP) is 2.15. The average molecular weight is 365 g/mol. The fourth-order valence-electron chi connectivity index (χ4n) is 3.58. The van der Waals surface area contributed by atoms with Crippen LogP contribution in [0.1, 0.15) is 29.9 Å². The topological polar surface area (TPSA) is 61.4 Å². The first-order valence-corrected chi connectivity index (χ1v) is 9.49. The summed E-state index contributed by atoms with van der Waals surface area (Å²) < 4.78 is 0. The van der Waals surface area contributed by atoms with Gasteiger partial charge >= 0.3 is 0 Å². The second-order valence-electron chi connectivity index (χ2n) is 7.00. The Balaban J connectivity index is 1.58. The Morgan fingerprint density at radius 3 is 2.26 bits per heavy atom. The van der Waals surface area contributed by atoms with Gasteiger partial charge in [-0.15, -0.1) is 0 Å². The van der Waals surface area contributed by atoms with Gasteiger partial charge in [0.2, 0.25) is 11.8 Å². The zero-order valence-electron chi connectivity index (χ0n) is 15.7. The smallest absolute Gasteiger partial charge is 0.237 e. The molecule has 2 amide bonds. The normalized spacial score (nSPS) is 17.6. The number of amides is 2. The molecule has 0 radical (unpaired) electrons. The molecule has 1 saturated heterocycles. The van der Waals surface area contributed by atoms with Gasteiger partial charge in [0, 0.05) is 25.6 Å². The standard InChI is InChI=1S/C22H27N3O2/c1-25-15-14-24-22(27)20(25)16-21(26)23-13-12-19(17-8-4-2-5-9-17)18-10-6-3-7-11-18/h2-11,19-20H,12-16H2,1H3,(H,23,26)(H,24,27). The third-order valence-electron chi connectivity index (χ3n) is 5.14. The molecule has 1 fully saturated rings. The predicted molar refractivity (Wildman–Crippen MR) is 106 cm³/mol. The first-order chi connectivity index (χ1) is 13.1. The van der Waals surface area contributed by atoms with Crippen LogP contribution in [0.15, 0.2) is 60.7 Å². The lowest BCUT2D eigenvalue weighted by molar-refractivity contribution is -0.133. The fourth-order valence-corrected chi connectivity index (χ4v) is 3.58. The van der Waals surface area contributed by atoms with Crippen molar-refractivity contribution in [1.29, 1.82) is 0 Å². The van der Waals surface area contributed by atoms with Crippen molar-refractivity contribution in [3.8, 4) is 0 Å². The van der Waals surface area contributed by atoms with E-state index in [9.17, 15) is 9.59 Å². The van der Waals surface area contributed by atoms with Crippen molar-refractivity contribution in [2.24, 2.45) is 0 Å². The van der Waals surface area contributed by atoms with Gasteiger partial charge in [0.1, 0.15) is 0 Å². The minimum atomic E-state index is -0.377. The molecular weight excluding hydrogens is 338 g/mol. The van der Waals surface area contributed by atoms with Crippen LogP contribution in [-0.4, -0.2) is 49.4 Å². The third kappa shape index (κ3) is 5.17. The van der Waals surface area contributed by atoms with E-state index in [1.165, 1.54) is 11.1 Å². The van der Waals surface area contributed by atoms with Crippen LogP contribution in [0.3, 0.4) is 0 Å². The molecule has 27 heavy (non-hydrogen) atoms. The minimum absolute atomic E-state index is 0.0645. The molecule has 1 heterocycles. The Morgan fingerprint density at radius 1 is 1.11 bits per heavy atom. The third-order valence-corrected chi connectivity index (χ3v) is 5.14. The molecule has 3 rings (SSSR count). The van der Waals surface area contributed by atoms with Crippen LogP contribution in [0.5, 0.6) is 0 Å². The number of rotatable bonds is 7. The Labute approximate surface area is 160 Å². The quantitative estimate of drug-likeness (QED) is 0.790. The highest BCUT2D eigenvalue weighted by molar-refractivity contribution is 5.88. The van der Waals surface area contributed by atoms with Gasteiger partial charge in [0.25, 0.3) is 0 Å². The first kappa shape index (κ1) is 19.1. The van der Waals surface area contributed by atoms with E-state index in [4.69, 9.17) is 0 Å². The van der Waals surface area contributed by atoms with Gasteiger partial charge in [-0.25, -0.2) is 0 Å². The van der Waals surface area contributed by atoms with Crippen molar-refractivity contribution in [3.63, 3.8) is 0 Å². The molecule has 0 saturated carbocycles. The lowest BCUT2D eigenvalue weighted by Crippen LogP contribution is -2.54. The summed E-state index contributed by atoms with van der Waals surface area (Å²) in [6, 6.07) is 20.3. The molecule has 1 aliphatic heterocycles. The number of carbonyl (C=O) groups excluding carboxylic acids is 2. The second kappa shape index (κ2) is 9.33. The van der Waals surface area contributed by atoms with Crippen LogP contribution >= 0.6 is 0 Å². The van der Waals surface area contributed by atoms with Crippen molar-refractivity contribution in [3.05, 3.63) is 71.8 Å². The largest absolute Gasteiger partial charge is 0.356 e. The zero-order valence-corrected chi connectivity index (χ0v) is 15.7. The van der Waals surface area contributed by atoms with Crippen molar-refractivity contribution < 1.29 is 9.59 Å². The molecule has 0 aliphatic carbocycles. The summed E-state index contributed by atoms with van der Waals surface area (Å²) in [4.78, 5) is 26.2. The van der Waals surface area contributed by atoms with Crippen LogP contribution in [-0.2, 0) is 9.59 Å². The van der Waals surface area contributed by atoms with Gasteiger partial charge in [-0.05, 0) is 24.6 Å². The molecule has 5 heteroatoms. The zero-order chi connectivity index (χ0) is 19.1. The average Bonchev–Trinajstić information content (AvgIpc) is 2.69. The SMILES string of the molecule is CN1CCNC(=O)C1CC(=O)NCCC(c1ccccc1)c1ccccc1. The van der Waals surface area contributed by atoms with Crippen molar-refractivity contribution in [2.75, 3.05) is 26.7 Å². The summed E-state index contributed by atoms with van der Waals surface area (Å²) in [5.41, 5.74) is 2.48.